The van der Waals surface area contributed by atoms with E-state index in [-0.39, 0.29) is 11.3 Å². The highest BCUT2D eigenvalue weighted by molar-refractivity contribution is 7.92. The van der Waals surface area contributed by atoms with E-state index in [1.54, 1.807) is 24.5 Å². The number of amides is 1. The molecule has 3 aromatic heterocycles. The zero-order valence-corrected chi connectivity index (χ0v) is 24.6. The molecule has 12 heteroatoms. The van der Waals surface area contributed by atoms with Gasteiger partial charge in [-0.3, -0.25) is 9.10 Å². The Balaban J connectivity index is 1.64. The monoisotopic (exact) mass is 598 g/mol. The summed E-state index contributed by atoms with van der Waals surface area (Å²) in [6.07, 6.45) is 4.96. The normalized spacial score (nSPS) is 11.7. The number of nitrogens with one attached hydrogen (secondary N) is 2. The average molecular weight is 599 g/mol. The number of carbonyl (C=O) groups is 1. The van der Waals surface area contributed by atoms with E-state index in [0.717, 1.165) is 17.4 Å². The number of fused-ring (bicyclic) bond motifs is 2. The molecule has 43 heavy (non-hydrogen) atoms. The first-order chi connectivity index (χ1) is 20.6. The minimum absolute atomic E-state index is 0.240. The fourth-order valence-electron chi connectivity index (χ4n) is 5.03. The highest BCUT2D eigenvalue weighted by Crippen LogP contribution is 2.42. The number of benzene rings is 3. The highest BCUT2D eigenvalue weighted by Gasteiger charge is 2.26. The van der Waals surface area contributed by atoms with Gasteiger partial charge in [0.1, 0.15) is 23.0 Å². The van der Waals surface area contributed by atoms with Crippen LogP contribution in [0.4, 0.5) is 10.1 Å². The molecule has 0 saturated heterocycles. The van der Waals surface area contributed by atoms with E-state index in [1.165, 1.54) is 42.7 Å². The third-order valence-corrected chi connectivity index (χ3v) is 8.51. The van der Waals surface area contributed by atoms with Gasteiger partial charge in [0.2, 0.25) is 10.0 Å². The number of H-pyrrole nitrogens is 1. The molecule has 218 valence electrons. The van der Waals surface area contributed by atoms with Crippen molar-refractivity contribution in [1.29, 1.82) is 0 Å². The van der Waals surface area contributed by atoms with Crippen molar-refractivity contribution in [2.45, 2.75) is 13.3 Å². The maximum Gasteiger partial charge on any atom is 0.255 e. The van der Waals surface area contributed by atoms with Gasteiger partial charge in [-0.05, 0) is 60.0 Å². The standard InChI is InChI=1S/C31H27FN6O4S/c1-5-17-12-19(14-20(13-17)28-36-29-30(37-28)35-11-10-34-29)22-15-23-25(16-24(22)38(3)43(4,40)41)42-27(26(23)31(39)33-2)18-6-8-21(32)9-7-18/h6-16H,5H2,1-4H3,(H,33,39)(H,34,35,36,37). The number of aromatic nitrogens is 4. The molecule has 0 spiro atoms. The molecule has 0 saturated carbocycles. The van der Waals surface area contributed by atoms with E-state index in [9.17, 15) is 17.6 Å². The molecule has 6 rings (SSSR count). The lowest BCUT2D eigenvalue weighted by Crippen LogP contribution is -2.25. The van der Waals surface area contributed by atoms with Gasteiger partial charge in [0.15, 0.2) is 11.3 Å². The number of hydrogen-bond donors (Lipinski definition) is 2. The first kappa shape index (κ1) is 28.0. The molecule has 0 bridgehead atoms. The molecule has 0 unspecified atom stereocenters. The van der Waals surface area contributed by atoms with Gasteiger partial charge in [0.25, 0.3) is 5.91 Å². The highest BCUT2D eigenvalue weighted by atomic mass is 32.2. The summed E-state index contributed by atoms with van der Waals surface area (Å²) in [5.74, 6) is -0.0311. The van der Waals surface area contributed by atoms with Gasteiger partial charge in [-0.2, -0.15) is 0 Å². The second-order valence-electron chi connectivity index (χ2n) is 10.1. The van der Waals surface area contributed by atoms with Gasteiger partial charge < -0.3 is 14.7 Å². The number of sulfonamides is 1. The summed E-state index contributed by atoms with van der Waals surface area (Å²) < 4.78 is 46.7. The molecule has 0 aliphatic rings. The number of carbonyl (C=O) groups excluding carboxylic acids is 1. The van der Waals surface area contributed by atoms with Crippen LogP contribution in [0.1, 0.15) is 22.8 Å². The van der Waals surface area contributed by atoms with Crippen molar-refractivity contribution < 1.29 is 22.0 Å². The van der Waals surface area contributed by atoms with Crippen LogP contribution in [-0.4, -0.2) is 54.6 Å². The summed E-state index contributed by atoms with van der Waals surface area (Å²) in [6, 6.07) is 14.9. The minimum Gasteiger partial charge on any atom is -0.455 e. The van der Waals surface area contributed by atoms with Crippen LogP contribution in [0, 0.1) is 5.82 Å². The molecule has 0 aliphatic heterocycles. The van der Waals surface area contributed by atoms with Gasteiger partial charge in [0.05, 0.1) is 17.5 Å². The Hall–Kier alpha value is -5.10. The van der Waals surface area contributed by atoms with Gasteiger partial charge in [0, 0.05) is 54.6 Å². The van der Waals surface area contributed by atoms with Crippen LogP contribution >= 0.6 is 0 Å². The van der Waals surface area contributed by atoms with E-state index >= 15 is 0 Å². The maximum atomic E-state index is 13.7. The number of halogens is 1. The molecule has 10 nitrogen and oxygen atoms in total. The van der Waals surface area contributed by atoms with Crippen molar-refractivity contribution in [3.05, 3.63) is 83.9 Å². The van der Waals surface area contributed by atoms with Crippen LogP contribution in [0.2, 0.25) is 0 Å². The average Bonchev–Trinajstić information content (AvgIpc) is 3.61. The number of imidazole rings is 1. The summed E-state index contributed by atoms with van der Waals surface area (Å²) in [7, 11) is -0.723. The van der Waals surface area contributed by atoms with Crippen LogP contribution in [0.15, 0.2) is 71.4 Å². The van der Waals surface area contributed by atoms with Crippen molar-refractivity contribution in [3.63, 3.8) is 0 Å². The third-order valence-electron chi connectivity index (χ3n) is 7.32. The fourth-order valence-corrected chi connectivity index (χ4v) is 5.54. The Kier molecular flexibility index (Phi) is 6.93. The lowest BCUT2D eigenvalue weighted by atomic mass is 9.95. The Morgan fingerprint density at radius 3 is 2.42 bits per heavy atom. The first-order valence-corrected chi connectivity index (χ1v) is 15.3. The topological polar surface area (TPSA) is 134 Å². The summed E-state index contributed by atoms with van der Waals surface area (Å²) in [5.41, 5.74) is 5.41. The van der Waals surface area contributed by atoms with Gasteiger partial charge in [-0.15, -0.1) is 0 Å². The summed E-state index contributed by atoms with van der Waals surface area (Å²) >= 11 is 0. The number of rotatable bonds is 7. The lowest BCUT2D eigenvalue weighted by Gasteiger charge is -2.21. The van der Waals surface area contributed by atoms with Crippen LogP contribution in [-0.2, 0) is 16.4 Å². The molecular weight excluding hydrogens is 571 g/mol. The predicted molar refractivity (Wildman–Crippen MR) is 164 cm³/mol. The van der Waals surface area contributed by atoms with Crippen molar-refractivity contribution in [2.24, 2.45) is 0 Å². The Morgan fingerprint density at radius 1 is 1.02 bits per heavy atom. The number of anilines is 1. The van der Waals surface area contributed by atoms with Crippen LogP contribution in [0.3, 0.4) is 0 Å². The van der Waals surface area contributed by atoms with Crippen molar-refractivity contribution in [1.82, 2.24) is 25.3 Å². The van der Waals surface area contributed by atoms with Gasteiger partial charge in [-0.25, -0.2) is 27.8 Å². The van der Waals surface area contributed by atoms with Gasteiger partial charge in [-0.1, -0.05) is 13.0 Å². The molecule has 6 aromatic rings. The number of nitrogens with zero attached hydrogens (tertiary/aromatic N) is 4. The number of hydrogen-bond acceptors (Lipinski definition) is 7. The van der Waals surface area contributed by atoms with E-state index in [4.69, 9.17) is 4.42 Å². The molecule has 2 N–H and O–H groups in total. The Morgan fingerprint density at radius 2 is 1.74 bits per heavy atom. The van der Waals surface area contributed by atoms with Crippen molar-refractivity contribution in [2.75, 3.05) is 24.7 Å². The summed E-state index contributed by atoms with van der Waals surface area (Å²) in [6.45, 7) is 2.02. The minimum atomic E-state index is -3.70. The zero-order chi connectivity index (χ0) is 30.5. The van der Waals surface area contributed by atoms with E-state index in [1.807, 2.05) is 25.1 Å². The summed E-state index contributed by atoms with van der Waals surface area (Å²) in [4.78, 5) is 29.6. The van der Waals surface area contributed by atoms with E-state index in [0.29, 0.717) is 56.9 Å². The quantitative estimate of drug-likeness (QED) is 0.246. The Bertz CT molecular complexity index is 2100. The largest absolute Gasteiger partial charge is 0.455 e. The second kappa shape index (κ2) is 10.6. The SMILES string of the molecule is CCc1cc(-c2nc3nccnc3[nH]2)cc(-c2cc3c(C(=O)NC)c(-c4ccc(F)cc4)oc3cc2N(C)S(C)(=O)=O)c1. The van der Waals surface area contributed by atoms with Gasteiger partial charge >= 0.3 is 0 Å². The molecule has 3 heterocycles. The first-order valence-electron chi connectivity index (χ1n) is 13.4. The number of aryl methyl sites for hydroxylation is 1. The fraction of sp³-hybridized carbons (Fsp3) is 0.161. The zero-order valence-electron chi connectivity index (χ0n) is 23.8. The van der Waals surface area contributed by atoms with Crippen LogP contribution in [0.5, 0.6) is 0 Å². The van der Waals surface area contributed by atoms with Crippen LogP contribution < -0.4 is 9.62 Å². The smallest absolute Gasteiger partial charge is 0.255 e. The van der Waals surface area contributed by atoms with Crippen molar-refractivity contribution >= 4 is 43.9 Å². The molecular formula is C31H27FN6O4S. The van der Waals surface area contributed by atoms with Crippen LogP contribution in [0.25, 0.3) is 56.1 Å². The maximum absolute atomic E-state index is 13.7. The molecule has 1 amide bonds. The Labute approximate surface area is 246 Å². The lowest BCUT2D eigenvalue weighted by molar-refractivity contribution is 0.0964. The molecule has 3 aromatic carbocycles. The number of furan rings is 1. The second-order valence-corrected chi connectivity index (χ2v) is 12.1. The summed E-state index contributed by atoms with van der Waals surface area (Å²) in [5, 5.41) is 3.13. The van der Waals surface area contributed by atoms with E-state index in [2.05, 4.69) is 25.3 Å². The van der Waals surface area contributed by atoms with E-state index < -0.39 is 21.7 Å². The third kappa shape index (κ3) is 5.10. The number of aromatic amines is 1. The predicted octanol–water partition coefficient (Wildman–Crippen LogP) is 5.56. The molecule has 0 fully saturated rings. The molecule has 0 atom stereocenters. The molecule has 0 aliphatic carbocycles. The van der Waals surface area contributed by atoms with Crippen molar-refractivity contribution in [3.8, 4) is 33.8 Å². The molecule has 0 radical (unpaired) electrons.